The smallest absolute Gasteiger partial charge is 0.343 e. The summed E-state index contributed by atoms with van der Waals surface area (Å²) in [6.07, 6.45) is 0. The highest BCUT2D eigenvalue weighted by atomic mass is 35.5. The maximum absolute atomic E-state index is 11.6. The Hall–Kier alpha value is -1.55. The van der Waals surface area contributed by atoms with E-state index in [4.69, 9.17) is 21.1 Å². The zero-order valence-electron chi connectivity index (χ0n) is 8.90. The first-order chi connectivity index (χ1) is 7.50. The van der Waals surface area contributed by atoms with Crippen molar-refractivity contribution in [3.8, 4) is 5.75 Å². The van der Waals surface area contributed by atoms with Gasteiger partial charge in [0.1, 0.15) is 11.3 Å². The number of ether oxygens (including phenoxy) is 2. The SMILES string of the molecule is CC(=O)Oc1ccccc1C(=O)O[C@@H](C)Cl. The normalized spacial score (nSPS) is 11.7. The molecule has 0 amide bonds. The van der Waals surface area contributed by atoms with Crippen molar-refractivity contribution in [2.24, 2.45) is 0 Å². The molecule has 0 spiro atoms. The van der Waals surface area contributed by atoms with Gasteiger partial charge in [0, 0.05) is 6.92 Å². The number of hydrogen-bond acceptors (Lipinski definition) is 4. The lowest BCUT2D eigenvalue weighted by Crippen LogP contribution is -2.12. The molecule has 0 fully saturated rings. The fourth-order valence-electron chi connectivity index (χ4n) is 1.09. The van der Waals surface area contributed by atoms with Gasteiger partial charge in [-0.1, -0.05) is 23.7 Å². The molecule has 0 aliphatic heterocycles. The molecule has 0 heterocycles. The van der Waals surface area contributed by atoms with Crippen LogP contribution in [-0.4, -0.2) is 17.5 Å². The molecule has 0 aromatic heterocycles. The van der Waals surface area contributed by atoms with Crippen LogP contribution in [0.1, 0.15) is 24.2 Å². The zero-order valence-corrected chi connectivity index (χ0v) is 9.65. The second kappa shape index (κ2) is 5.51. The van der Waals surface area contributed by atoms with Crippen LogP contribution in [-0.2, 0) is 9.53 Å². The molecule has 1 aromatic carbocycles. The molecule has 1 rings (SSSR count). The minimum absolute atomic E-state index is 0.164. The molecule has 0 bridgehead atoms. The average Bonchev–Trinajstić information content (AvgIpc) is 2.16. The van der Waals surface area contributed by atoms with E-state index in [1.54, 1.807) is 12.1 Å². The van der Waals surface area contributed by atoms with E-state index in [9.17, 15) is 9.59 Å². The van der Waals surface area contributed by atoms with E-state index < -0.39 is 17.5 Å². The summed E-state index contributed by atoms with van der Waals surface area (Å²) in [6.45, 7) is 2.78. The molecule has 0 saturated heterocycles. The Bertz CT molecular complexity index is 401. The molecule has 0 saturated carbocycles. The van der Waals surface area contributed by atoms with Crippen LogP contribution in [0.3, 0.4) is 0 Å². The first kappa shape index (κ1) is 12.5. The number of benzene rings is 1. The Morgan fingerprint density at radius 2 is 1.94 bits per heavy atom. The Morgan fingerprint density at radius 1 is 1.31 bits per heavy atom. The third kappa shape index (κ3) is 3.55. The van der Waals surface area contributed by atoms with Crippen molar-refractivity contribution in [3.63, 3.8) is 0 Å². The highest BCUT2D eigenvalue weighted by Gasteiger charge is 2.16. The molecule has 0 unspecified atom stereocenters. The van der Waals surface area contributed by atoms with Gasteiger partial charge in [-0.25, -0.2) is 4.79 Å². The molecule has 16 heavy (non-hydrogen) atoms. The van der Waals surface area contributed by atoms with Crippen molar-refractivity contribution in [2.45, 2.75) is 19.4 Å². The number of para-hydroxylation sites is 1. The Kier molecular flexibility index (Phi) is 4.31. The summed E-state index contributed by atoms with van der Waals surface area (Å²) >= 11 is 5.53. The molecule has 5 heteroatoms. The lowest BCUT2D eigenvalue weighted by Gasteiger charge is -2.09. The van der Waals surface area contributed by atoms with Gasteiger partial charge in [0.25, 0.3) is 0 Å². The quantitative estimate of drug-likeness (QED) is 0.464. The summed E-state index contributed by atoms with van der Waals surface area (Å²) in [5.41, 5.74) is -0.567. The Labute approximate surface area is 98.1 Å². The minimum Gasteiger partial charge on any atom is -0.443 e. The molecule has 0 N–H and O–H groups in total. The topological polar surface area (TPSA) is 52.6 Å². The van der Waals surface area contributed by atoms with Crippen LogP contribution in [0.5, 0.6) is 5.75 Å². The van der Waals surface area contributed by atoms with E-state index in [0.717, 1.165) is 0 Å². The van der Waals surface area contributed by atoms with Crippen molar-refractivity contribution < 1.29 is 19.1 Å². The standard InChI is InChI=1S/C11H11ClO4/c1-7(12)15-11(14)9-5-3-4-6-10(9)16-8(2)13/h3-7H,1-2H3/t7-/m0/s1. The van der Waals surface area contributed by atoms with E-state index in [1.807, 2.05) is 0 Å². The second-order valence-electron chi connectivity index (χ2n) is 3.04. The number of carbonyl (C=O) groups is 2. The lowest BCUT2D eigenvalue weighted by molar-refractivity contribution is -0.131. The van der Waals surface area contributed by atoms with Gasteiger partial charge in [0.05, 0.1) is 0 Å². The van der Waals surface area contributed by atoms with Gasteiger partial charge in [-0.2, -0.15) is 0 Å². The summed E-state index contributed by atoms with van der Waals surface area (Å²) in [7, 11) is 0. The van der Waals surface area contributed by atoms with Crippen molar-refractivity contribution in [2.75, 3.05) is 0 Å². The van der Waals surface area contributed by atoms with Gasteiger partial charge >= 0.3 is 11.9 Å². The number of esters is 2. The summed E-state index contributed by atoms with van der Waals surface area (Å²) in [5, 5.41) is 0. The van der Waals surface area contributed by atoms with Crippen LogP contribution >= 0.6 is 11.6 Å². The average molecular weight is 243 g/mol. The first-order valence-electron chi connectivity index (χ1n) is 4.63. The van der Waals surface area contributed by atoms with E-state index in [0.29, 0.717) is 0 Å². The number of hydrogen-bond donors (Lipinski definition) is 0. The lowest BCUT2D eigenvalue weighted by atomic mass is 10.2. The summed E-state index contributed by atoms with van der Waals surface area (Å²) < 4.78 is 9.66. The van der Waals surface area contributed by atoms with Crippen molar-refractivity contribution in [1.29, 1.82) is 0 Å². The first-order valence-corrected chi connectivity index (χ1v) is 5.07. The second-order valence-corrected chi connectivity index (χ2v) is 3.65. The molecular formula is C11H11ClO4. The number of alkyl halides is 1. The third-order valence-corrected chi connectivity index (χ3v) is 1.72. The molecular weight excluding hydrogens is 232 g/mol. The van der Waals surface area contributed by atoms with E-state index in [2.05, 4.69) is 0 Å². The van der Waals surface area contributed by atoms with Gasteiger partial charge in [-0.3, -0.25) is 4.79 Å². The van der Waals surface area contributed by atoms with E-state index in [1.165, 1.54) is 26.0 Å². The molecule has 0 radical (unpaired) electrons. The highest BCUT2D eigenvalue weighted by molar-refractivity contribution is 6.20. The monoisotopic (exact) mass is 242 g/mol. The summed E-state index contributed by atoms with van der Waals surface area (Å²) in [6, 6.07) is 6.30. The van der Waals surface area contributed by atoms with Crippen LogP contribution in [0.25, 0.3) is 0 Å². The number of rotatable bonds is 3. The predicted molar refractivity (Wildman–Crippen MR) is 58.5 cm³/mol. The van der Waals surface area contributed by atoms with Crippen LogP contribution < -0.4 is 4.74 Å². The fourth-order valence-corrected chi connectivity index (χ4v) is 1.17. The Morgan fingerprint density at radius 3 is 2.50 bits per heavy atom. The van der Waals surface area contributed by atoms with Gasteiger partial charge in [0.15, 0.2) is 5.56 Å². The molecule has 1 aromatic rings. The largest absolute Gasteiger partial charge is 0.443 e. The van der Waals surface area contributed by atoms with Crippen molar-refractivity contribution in [3.05, 3.63) is 29.8 Å². The van der Waals surface area contributed by atoms with Crippen LogP contribution in [0, 0.1) is 0 Å². The van der Waals surface area contributed by atoms with Gasteiger partial charge in [0.2, 0.25) is 0 Å². The maximum Gasteiger partial charge on any atom is 0.343 e. The molecule has 86 valence electrons. The van der Waals surface area contributed by atoms with Crippen LogP contribution in [0.15, 0.2) is 24.3 Å². The van der Waals surface area contributed by atoms with Gasteiger partial charge < -0.3 is 9.47 Å². The van der Waals surface area contributed by atoms with Crippen molar-refractivity contribution in [1.82, 2.24) is 0 Å². The molecule has 4 nitrogen and oxygen atoms in total. The summed E-state index contributed by atoms with van der Waals surface area (Å²) in [4.78, 5) is 22.4. The van der Waals surface area contributed by atoms with Gasteiger partial charge in [-0.05, 0) is 19.1 Å². The molecule has 0 aliphatic rings. The molecule has 0 aliphatic carbocycles. The molecule has 1 atom stereocenters. The van der Waals surface area contributed by atoms with Gasteiger partial charge in [-0.15, -0.1) is 0 Å². The van der Waals surface area contributed by atoms with Crippen LogP contribution in [0.4, 0.5) is 0 Å². The Balaban J connectivity index is 2.94. The predicted octanol–water partition coefficient (Wildman–Crippen LogP) is 2.35. The number of carbonyl (C=O) groups excluding carboxylic acids is 2. The highest BCUT2D eigenvalue weighted by Crippen LogP contribution is 2.20. The van der Waals surface area contributed by atoms with E-state index >= 15 is 0 Å². The maximum atomic E-state index is 11.6. The van der Waals surface area contributed by atoms with E-state index in [-0.39, 0.29) is 11.3 Å². The van der Waals surface area contributed by atoms with Crippen molar-refractivity contribution >= 4 is 23.5 Å². The fraction of sp³-hybridized carbons (Fsp3) is 0.273. The number of halogens is 1. The minimum atomic E-state index is -0.738. The zero-order chi connectivity index (χ0) is 12.1. The summed E-state index contributed by atoms with van der Waals surface area (Å²) in [5.74, 6) is -0.962. The van der Waals surface area contributed by atoms with Crippen LogP contribution in [0.2, 0.25) is 0 Å². The third-order valence-electron chi connectivity index (χ3n) is 1.63.